The lowest BCUT2D eigenvalue weighted by Gasteiger charge is -2.34. The molecule has 3 aromatic rings. The van der Waals surface area contributed by atoms with Crippen molar-refractivity contribution in [3.05, 3.63) is 89.7 Å². The van der Waals surface area contributed by atoms with Crippen LogP contribution in [0, 0.1) is 6.92 Å². The lowest BCUT2D eigenvalue weighted by molar-refractivity contribution is -0.123. The molecule has 1 aliphatic carbocycles. The molecule has 1 aromatic heterocycles. The van der Waals surface area contributed by atoms with Crippen molar-refractivity contribution < 1.29 is 14.3 Å². The van der Waals surface area contributed by atoms with Gasteiger partial charge < -0.3 is 10.1 Å². The maximum absolute atomic E-state index is 13.9. The fourth-order valence-corrected chi connectivity index (χ4v) is 4.56. The van der Waals surface area contributed by atoms with Crippen molar-refractivity contribution in [1.29, 1.82) is 0 Å². The first kappa shape index (κ1) is 23.5. The van der Waals surface area contributed by atoms with Gasteiger partial charge in [0.25, 0.3) is 5.91 Å². The Hall–Kier alpha value is -3.67. The summed E-state index contributed by atoms with van der Waals surface area (Å²) in [6.07, 6.45) is 6.92. The lowest BCUT2D eigenvalue weighted by atomic mass is 9.93. The van der Waals surface area contributed by atoms with Gasteiger partial charge in [0.15, 0.2) is 0 Å². The van der Waals surface area contributed by atoms with Crippen molar-refractivity contribution in [2.45, 2.75) is 51.1 Å². The number of nitrogens with one attached hydrogen (secondary N) is 1. The van der Waals surface area contributed by atoms with Crippen molar-refractivity contribution >= 4 is 17.5 Å². The highest BCUT2D eigenvalue weighted by molar-refractivity contribution is 6.09. The molecule has 1 aliphatic rings. The largest absolute Gasteiger partial charge is 0.497 e. The molecule has 1 atom stereocenters. The fraction of sp³-hybridized carbons (Fsp3) is 0.321. The number of hydrogen-bond donors (Lipinski definition) is 1. The maximum atomic E-state index is 13.9. The van der Waals surface area contributed by atoms with Gasteiger partial charge >= 0.3 is 0 Å². The van der Waals surface area contributed by atoms with Crippen LogP contribution in [0.4, 0.5) is 5.69 Å². The first-order valence-corrected chi connectivity index (χ1v) is 11.8. The van der Waals surface area contributed by atoms with Crippen LogP contribution in [0.15, 0.2) is 72.9 Å². The molecule has 1 heterocycles. The van der Waals surface area contributed by atoms with Crippen LogP contribution in [0.3, 0.4) is 0 Å². The van der Waals surface area contributed by atoms with Gasteiger partial charge in [0, 0.05) is 17.9 Å². The lowest BCUT2D eigenvalue weighted by Crippen LogP contribution is -2.47. The van der Waals surface area contributed by atoms with E-state index in [1.807, 2.05) is 31.2 Å². The Balaban J connectivity index is 1.81. The number of benzene rings is 2. The number of rotatable bonds is 7. The van der Waals surface area contributed by atoms with Gasteiger partial charge in [-0.15, -0.1) is 0 Å². The monoisotopic (exact) mass is 457 g/mol. The van der Waals surface area contributed by atoms with Crippen LogP contribution in [-0.4, -0.2) is 29.9 Å². The van der Waals surface area contributed by atoms with E-state index in [9.17, 15) is 9.59 Å². The molecular weight excluding hydrogens is 426 g/mol. The van der Waals surface area contributed by atoms with E-state index in [0.717, 1.165) is 36.8 Å². The zero-order chi connectivity index (χ0) is 23.9. The van der Waals surface area contributed by atoms with Crippen LogP contribution < -0.4 is 15.0 Å². The normalized spacial score (nSPS) is 14.8. The maximum Gasteiger partial charge on any atom is 0.277 e. The molecule has 0 saturated heterocycles. The predicted octanol–water partition coefficient (Wildman–Crippen LogP) is 5.24. The summed E-state index contributed by atoms with van der Waals surface area (Å²) in [4.78, 5) is 33.6. The molecule has 6 nitrogen and oxygen atoms in total. The molecule has 0 unspecified atom stereocenters. The summed E-state index contributed by atoms with van der Waals surface area (Å²) in [5.41, 5.74) is 2.61. The van der Waals surface area contributed by atoms with Gasteiger partial charge in [0.05, 0.1) is 7.11 Å². The van der Waals surface area contributed by atoms with Gasteiger partial charge in [-0.1, -0.05) is 49.6 Å². The van der Waals surface area contributed by atoms with E-state index < -0.39 is 6.04 Å². The first-order valence-electron chi connectivity index (χ1n) is 11.8. The van der Waals surface area contributed by atoms with Crippen LogP contribution in [0.5, 0.6) is 5.75 Å². The highest BCUT2D eigenvalue weighted by atomic mass is 16.5. The average Bonchev–Trinajstić information content (AvgIpc) is 2.88. The fourth-order valence-electron chi connectivity index (χ4n) is 4.56. The quantitative estimate of drug-likeness (QED) is 0.527. The van der Waals surface area contributed by atoms with Gasteiger partial charge in [-0.3, -0.25) is 19.5 Å². The molecule has 2 amide bonds. The molecule has 0 spiro atoms. The van der Waals surface area contributed by atoms with Crippen LogP contribution >= 0.6 is 0 Å². The average molecular weight is 458 g/mol. The van der Waals surface area contributed by atoms with Crippen molar-refractivity contribution in [1.82, 2.24) is 10.3 Å². The molecule has 0 aliphatic heterocycles. The van der Waals surface area contributed by atoms with Gasteiger partial charge in [-0.05, 0) is 67.3 Å². The second-order valence-corrected chi connectivity index (χ2v) is 8.69. The van der Waals surface area contributed by atoms with E-state index in [1.165, 1.54) is 6.42 Å². The minimum absolute atomic E-state index is 0.121. The standard InChI is InChI=1S/C28H31N3O3/c1-20-10-6-7-13-24(20)26(27(32)30-21-11-4-3-5-12-21)31(22-15-17-23(34-2)18-16-22)28(33)25-14-8-9-19-29-25/h6-10,13-19,21,26H,3-5,11-12H2,1-2H3,(H,30,32)/t26-/m1/s1. The molecule has 4 rings (SSSR count). The summed E-state index contributed by atoms with van der Waals surface area (Å²) in [6.45, 7) is 1.97. The molecule has 6 heteroatoms. The minimum atomic E-state index is -0.842. The number of hydrogen-bond acceptors (Lipinski definition) is 4. The van der Waals surface area contributed by atoms with Crippen LogP contribution in [0.1, 0.15) is 59.8 Å². The van der Waals surface area contributed by atoms with Crippen molar-refractivity contribution in [3.63, 3.8) is 0 Å². The second kappa shape index (κ2) is 11.0. The third-order valence-electron chi connectivity index (χ3n) is 6.39. The summed E-state index contributed by atoms with van der Waals surface area (Å²) in [6, 6.07) is 19.4. The van der Waals surface area contributed by atoms with E-state index in [2.05, 4.69) is 10.3 Å². The van der Waals surface area contributed by atoms with Gasteiger partial charge in [0.2, 0.25) is 5.91 Å². The van der Waals surface area contributed by atoms with E-state index >= 15 is 0 Å². The predicted molar refractivity (Wildman–Crippen MR) is 133 cm³/mol. The Labute approximate surface area is 201 Å². The Morgan fingerprint density at radius 2 is 1.68 bits per heavy atom. The molecule has 0 bridgehead atoms. The zero-order valence-corrected chi connectivity index (χ0v) is 19.7. The number of methoxy groups -OCH3 is 1. The zero-order valence-electron chi connectivity index (χ0n) is 19.7. The molecule has 1 N–H and O–H groups in total. The highest BCUT2D eigenvalue weighted by Crippen LogP contribution is 2.33. The number of ether oxygens (including phenoxy) is 1. The van der Waals surface area contributed by atoms with Gasteiger partial charge in [-0.2, -0.15) is 0 Å². The first-order chi connectivity index (χ1) is 16.6. The number of nitrogens with zero attached hydrogens (tertiary/aromatic N) is 2. The van der Waals surface area contributed by atoms with Gasteiger partial charge in [0.1, 0.15) is 17.5 Å². The Morgan fingerprint density at radius 3 is 2.32 bits per heavy atom. The van der Waals surface area contributed by atoms with E-state index in [1.54, 1.807) is 60.7 Å². The van der Waals surface area contributed by atoms with Crippen LogP contribution in [-0.2, 0) is 4.79 Å². The highest BCUT2D eigenvalue weighted by Gasteiger charge is 2.35. The summed E-state index contributed by atoms with van der Waals surface area (Å²) >= 11 is 0. The molecule has 34 heavy (non-hydrogen) atoms. The van der Waals surface area contributed by atoms with E-state index in [-0.39, 0.29) is 23.6 Å². The summed E-state index contributed by atoms with van der Waals surface area (Å²) in [5, 5.41) is 3.25. The smallest absolute Gasteiger partial charge is 0.277 e. The second-order valence-electron chi connectivity index (χ2n) is 8.69. The number of aromatic nitrogens is 1. The molecule has 176 valence electrons. The van der Waals surface area contributed by atoms with Crippen molar-refractivity contribution in [2.75, 3.05) is 12.0 Å². The van der Waals surface area contributed by atoms with Gasteiger partial charge in [-0.25, -0.2) is 0 Å². The number of anilines is 1. The number of pyridine rings is 1. The summed E-state index contributed by atoms with van der Waals surface area (Å²) in [7, 11) is 1.60. The number of aryl methyl sites for hydroxylation is 1. The van der Waals surface area contributed by atoms with E-state index in [4.69, 9.17) is 4.74 Å². The van der Waals surface area contributed by atoms with E-state index in [0.29, 0.717) is 11.4 Å². The number of carbonyl (C=O) groups excluding carboxylic acids is 2. The van der Waals surface area contributed by atoms with Crippen LogP contribution in [0.25, 0.3) is 0 Å². The Morgan fingerprint density at radius 1 is 0.971 bits per heavy atom. The molecule has 0 radical (unpaired) electrons. The minimum Gasteiger partial charge on any atom is -0.497 e. The SMILES string of the molecule is COc1ccc(N(C(=O)c2ccccn2)[C@@H](C(=O)NC2CCCCC2)c2ccccc2C)cc1. The molecule has 1 saturated carbocycles. The number of amides is 2. The van der Waals surface area contributed by atoms with Crippen molar-refractivity contribution in [3.8, 4) is 5.75 Å². The van der Waals surface area contributed by atoms with Crippen LogP contribution in [0.2, 0.25) is 0 Å². The molecule has 1 fully saturated rings. The third-order valence-corrected chi connectivity index (χ3v) is 6.39. The van der Waals surface area contributed by atoms with Crippen molar-refractivity contribution in [2.24, 2.45) is 0 Å². The molecule has 2 aromatic carbocycles. The number of carbonyl (C=O) groups is 2. The summed E-state index contributed by atoms with van der Waals surface area (Å²) < 4.78 is 5.31. The topological polar surface area (TPSA) is 71.5 Å². The Kier molecular flexibility index (Phi) is 7.58. The molecular formula is C28H31N3O3. The Bertz CT molecular complexity index is 1110. The summed E-state index contributed by atoms with van der Waals surface area (Å²) in [5.74, 6) is 0.159. The third kappa shape index (κ3) is 5.28.